The van der Waals surface area contributed by atoms with Crippen LogP contribution in [0.2, 0.25) is 0 Å². The summed E-state index contributed by atoms with van der Waals surface area (Å²) in [6, 6.07) is 11.4. The number of hydrogen-bond acceptors (Lipinski definition) is 6. The molecule has 11 heteroatoms. The lowest BCUT2D eigenvalue weighted by atomic mass is 10.2. The lowest BCUT2D eigenvalue weighted by Gasteiger charge is -2.10. The van der Waals surface area contributed by atoms with Gasteiger partial charge in [-0.1, -0.05) is 12.1 Å². The smallest absolute Gasteiger partial charge is 0.254 e. The van der Waals surface area contributed by atoms with Gasteiger partial charge in [0.1, 0.15) is 10.7 Å². The van der Waals surface area contributed by atoms with Crippen LogP contribution in [0.4, 0.5) is 4.39 Å². The normalized spacial score (nSPS) is 11.6. The zero-order chi connectivity index (χ0) is 23.7. The molecule has 5 rings (SSSR count). The van der Waals surface area contributed by atoms with Crippen LogP contribution < -0.4 is 5.32 Å². The van der Waals surface area contributed by atoms with Gasteiger partial charge < -0.3 is 5.32 Å². The van der Waals surface area contributed by atoms with Gasteiger partial charge in [-0.25, -0.2) is 27.5 Å². The number of carbonyl (C=O) groups is 1. The molecule has 0 bridgehead atoms. The number of amides is 1. The molecule has 0 aliphatic heterocycles. The quantitative estimate of drug-likeness (QED) is 0.403. The highest BCUT2D eigenvalue weighted by molar-refractivity contribution is 7.91. The van der Waals surface area contributed by atoms with Crippen molar-refractivity contribution in [3.63, 3.8) is 0 Å². The molecule has 0 saturated carbocycles. The minimum Gasteiger partial charge on any atom is -0.348 e. The third-order valence-electron chi connectivity index (χ3n) is 5.17. The Hall–Kier alpha value is -4.38. The van der Waals surface area contributed by atoms with E-state index in [2.05, 4.69) is 20.4 Å². The summed E-state index contributed by atoms with van der Waals surface area (Å²) in [6.07, 6.45) is 9.49. The van der Waals surface area contributed by atoms with E-state index < -0.39 is 20.5 Å². The zero-order valence-electron chi connectivity index (χ0n) is 17.5. The molecule has 0 fully saturated rings. The van der Waals surface area contributed by atoms with Gasteiger partial charge in [-0.3, -0.25) is 9.20 Å². The van der Waals surface area contributed by atoms with E-state index in [1.54, 1.807) is 53.6 Å². The first-order chi connectivity index (χ1) is 16.4. The highest BCUT2D eigenvalue weighted by Gasteiger charge is 2.22. The molecular formula is C23H17FN6O3S. The Kier molecular flexibility index (Phi) is 5.38. The molecule has 0 spiro atoms. The van der Waals surface area contributed by atoms with Crippen molar-refractivity contribution in [3.05, 3.63) is 103 Å². The van der Waals surface area contributed by atoms with Crippen molar-refractivity contribution in [2.24, 2.45) is 0 Å². The van der Waals surface area contributed by atoms with Crippen molar-refractivity contribution in [2.45, 2.75) is 16.3 Å². The standard InChI is InChI=1S/C23H17FN6O3S/c24-20-12-18(30-10-1-8-28-30)4-7-21(20)34(32,33)19-5-2-16(3-6-19)13-26-22(31)17-14-27-23-25-9-11-29(23)15-17/h1-12,14-15H,13H2,(H,26,31). The summed E-state index contributed by atoms with van der Waals surface area (Å²) in [5, 5.41) is 6.77. The predicted molar refractivity (Wildman–Crippen MR) is 120 cm³/mol. The van der Waals surface area contributed by atoms with Crippen LogP contribution in [-0.2, 0) is 16.4 Å². The van der Waals surface area contributed by atoms with Gasteiger partial charge in [0.25, 0.3) is 5.91 Å². The Morgan fingerprint density at radius 3 is 2.59 bits per heavy atom. The first kappa shape index (κ1) is 21.5. The van der Waals surface area contributed by atoms with Gasteiger partial charge in [0, 0.05) is 49.8 Å². The molecule has 0 atom stereocenters. The molecule has 0 aliphatic carbocycles. The fraction of sp³-hybridized carbons (Fsp3) is 0.0435. The number of benzene rings is 2. The van der Waals surface area contributed by atoms with E-state index in [9.17, 15) is 17.6 Å². The number of nitrogens with zero attached hydrogens (tertiary/aromatic N) is 5. The third-order valence-corrected chi connectivity index (χ3v) is 6.97. The summed E-state index contributed by atoms with van der Waals surface area (Å²) >= 11 is 0. The predicted octanol–water partition coefficient (Wildman–Crippen LogP) is 2.82. The van der Waals surface area contributed by atoms with Gasteiger partial charge in [-0.15, -0.1) is 0 Å². The molecule has 170 valence electrons. The van der Waals surface area contributed by atoms with Gasteiger partial charge in [0.15, 0.2) is 0 Å². The van der Waals surface area contributed by atoms with Crippen molar-refractivity contribution >= 4 is 21.5 Å². The molecule has 3 aromatic heterocycles. The van der Waals surface area contributed by atoms with E-state index in [0.29, 0.717) is 22.6 Å². The number of sulfone groups is 1. The highest BCUT2D eigenvalue weighted by Crippen LogP contribution is 2.25. The number of fused-ring (bicyclic) bond motifs is 1. The van der Waals surface area contributed by atoms with Crippen molar-refractivity contribution in [2.75, 3.05) is 0 Å². The molecule has 5 aromatic rings. The lowest BCUT2D eigenvalue weighted by Crippen LogP contribution is -2.23. The number of hydrogen-bond donors (Lipinski definition) is 1. The molecule has 1 amide bonds. The average Bonchev–Trinajstić information content (AvgIpc) is 3.54. The summed E-state index contributed by atoms with van der Waals surface area (Å²) in [6.45, 7) is 0.175. The van der Waals surface area contributed by atoms with E-state index >= 15 is 0 Å². The van der Waals surface area contributed by atoms with Crippen LogP contribution in [0.25, 0.3) is 11.5 Å². The van der Waals surface area contributed by atoms with Crippen LogP contribution in [-0.4, -0.2) is 38.5 Å². The van der Waals surface area contributed by atoms with E-state index in [0.717, 1.165) is 6.07 Å². The minimum atomic E-state index is -4.07. The molecule has 0 aliphatic rings. The van der Waals surface area contributed by atoms with Gasteiger partial charge in [-0.2, -0.15) is 5.10 Å². The van der Waals surface area contributed by atoms with Crippen LogP contribution in [0.3, 0.4) is 0 Å². The topological polar surface area (TPSA) is 111 Å². The summed E-state index contributed by atoms with van der Waals surface area (Å²) < 4.78 is 43.6. The largest absolute Gasteiger partial charge is 0.348 e. The molecular weight excluding hydrogens is 459 g/mol. The second-order valence-corrected chi connectivity index (χ2v) is 9.29. The van der Waals surface area contributed by atoms with Gasteiger partial charge in [-0.05, 0) is 35.9 Å². The first-order valence-corrected chi connectivity index (χ1v) is 11.6. The number of aromatic nitrogens is 5. The summed E-state index contributed by atoms with van der Waals surface area (Å²) in [7, 11) is -4.07. The average molecular weight is 476 g/mol. The Morgan fingerprint density at radius 1 is 1.03 bits per heavy atom. The maximum Gasteiger partial charge on any atom is 0.254 e. The van der Waals surface area contributed by atoms with Crippen LogP contribution in [0.1, 0.15) is 15.9 Å². The molecule has 9 nitrogen and oxygen atoms in total. The van der Waals surface area contributed by atoms with Gasteiger partial charge >= 0.3 is 0 Å². The van der Waals surface area contributed by atoms with Crippen LogP contribution >= 0.6 is 0 Å². The van der Waals surface area contributed by atoms with E-state index in [4.69, 9.17) is 0 Å². The molecule has 2 aromatic carbocycles. The number of imidazole rings is 1. The van der Waals surface area contributed by atoms with Crippen molar-refractivity contribution in [1.29, 1.82) is 0 Å². The number of carbonyl (C=O) groups excluding carboxylic acids is 1. The summed E-state index contributed by atoms with van der Waals surface area (Å²) in [5.41, 5.74) is 1.45. The minimum absolute atomic E-state index is 0.0527. The lowest BCUT2D eigenvalue weighted by molar-refractivity contribution is 0.0950. The van der Waals surface area contributed by atoms with Crippen molar-refractivity contribution < 1.29 is 17.6 Å². The molecule has 1 N–H and O–H groups in total. The maximum atomic E-state index is 14.7. The Balaban J connectivity index is 1.29. The Labute approximate surface area is 193 Å². The van der Waals surface area contributed by atoms with Crippen molar-refractivity contribution in [1.82, 2.24) is 29.5 Å². The van der Waals surface area contributed by atoms with Crippen LogP contribution in [0.15, 0.2) is 95.5 Å². The Morgan fingerprint density at radius 2 is 1.85 bits per heavy atom. The van der Waals surface area contributed by atoms with E-state index in [1.807, 2.05) is 0 Å². The fourth-order valence-corrected chi connectivity index (χ4v) is 4.71. The van der Waals surface area contributed by atoms with Gasteiger partial charge in [0.05, 0.1) is 16.1 Å². The SMILES string of the molecule is O=C(NCc1ccc(S(=O)(=O)c2ccc(-n3cccn3)cc2F)cc1)c1cnc2nccn2c1. The molecule has 3 heterocycles. The zero-order valence-corrected chi connectivity index (χ0v) is 18.4. The summed E-state index contributed by atoms with van der Waals surface area (Å²) in [4.78, 5) is 20.1. The van der Waals surface area contributed by atoms with Crippen LogP contribution in [0.5, 0.6) is 0 Å². The maximum absolute atomic E-state index is 14.7. The number of halogens is 1. The second-order valence-electron chi connectivity index (χ2n) is 7.37. The Bertz CT molecular complexity index is 1600. The van der Waals surface area contributed by atoms with Crippen LogP contribution in [0, 0.1) is 5.82 Å². The molecule has 0 saturated heterocycles. The fourth-order valence-electron chi connectivity index (χ4n) is 3.40. The monoisotopic (exact) mass is 476 g/mol. The second kappa shape index (κ2) is 8.52. The third kappa shape index (κ3) is 4.04. The first-order valence-electron chi connectivity index (χ1n) is 10.1. The number of nitrogens with one attached hydrogen (secondary N) is 1. The van der Waals surface area contributed by atoms with E-state index in [-0.39, 0.29) is 17.3 Å². The summed E-state index contributed by atoms with van der Waals surface area (Å²) in [5.74, 6) is -0.715. The molecule has 0 radical (unpaired) electrons. The van der Waals surface area contributed by atoms with Crippen molar-refractivity contribution in [3.8, 4) is 5.69 Å². The van der Waals surface area contributed by atoms with E-state index in [1.165, 1.54) is 35.1 Å². The molecule has 34 heavy (non-hydrogen) atoms. The molecule has 0 unspecified atom stereocenters. The number of rotatable bonds is 6. The van der Waals surface area contributed by atoms with Gasteiger partial charge in [0.2, 0.25) is 15.6 Å². The highest BCUT2D eigenvalue weighted by atomic mass is 32.2.